The van der Waals surface area contributed by atoms with Gasteiger partial charge in [0.05, 0.1) is 0 Å². The lowest BCUT2D eigenvalue weighted by atomic mass is 10.1. The van der Waals surface area contributed by atoms with Crippen molar-refractivity contribution >= 4 is 17.2 Å². The second kappa shape index (κ2) is 5.61. The topological polar surface area (TPSA) is 29.3 Å². The predicted octanol–water partition coefficient (Wildman–Crippen LogP) is 2.70. The molecule has 0 saturated carbocycles. The van der Waals surface area contributed by atoms with Crippen LogP contribution in [0.3, 0.4) is 0 Å². The van der Waals surface area contributed by atoms with Crippen molar-refractivity contribution in [3.05, 3.63) is 35.4 Å². The van der Waals surface area contributed by atoms with Crippen LogP contribution in [0.15, 0.2) is 24.3 Å². The molecule has 1 atom stereocenters. The highest BCUT2D eigenvalue weighted by molar-refractivity contribution is 7.80. The summed E-state index contributed by atoms with van der Waals surface area (Å²) in [5.41, 5.74) is 7.90. The van der Waals surface area contributed by atoms with Gasteiger partial charge in [-0.3, -0.25) is 4.90 Å². The summed E-state index contributed by atoms with van der Waals surface area (Å²) in [6.45, 7) is 4.56. The van der Waals surface area contributed by atoms with Crippen molar-refractivity contribution in [3.8, 4) is 0 Å². The lowest BCUT2D eigenvalue weighted by Gasteiger charge is -2.23. The Morgan fingerprint density at radius 3 is 2.71 bits per heavy atom. The summed E-state index contributed by atoms with van der Waals surface area (Å²) >= 11 is 4.95. The van der Waals surface area contributed by atoms with Crippen molar-refractivity contribution in [2.45, 2.75) is 38.8 Å². The quantitative estimate of drug-likeness (QED) is 0.831. The van der Waals surface area contributed by atoms with Gasteiger partial charge in [0.2, 0.25) is 0 Å². The van der Waals surface area contributed by atoms with E-state index < -0.39 is 0 Å². The average molecular weight is 248 g/mol. The number of nitrogens with zero attached hydrogens (tertiary/aromatic N) is 1. The zero-order valence-electron chi connectivity index (χ0n) is 10.4. The first-order valence-electron chi connectivity index (χ1n) is 6.33. The van der Waals surface area contributed by atoms with Crippen LogP contribution in [0.1, 0.15) is 37.3 Å². The van der Waals surface area contributed by atoms with E-state index in [1.807, 2.05) is 12.1 Å². The maximum absolute atomic E-state index is 5.59. The highest BCUT2D eigenvalue weighted by Crippen LogP contribution is 2.22. The van der Waals surface area contributed by atoms with Crippen LogP contribution in [0.5, 0.6) is 0 Å². The molecule has 3 heteroatoms. The summed E-state index contributed by atoms with van der Waals surface area (Å²) in [5.74, 6) is 0. The van der Waals surface area contributed by atoms with Crippen LogP contribution in [0.2, 0.25) is 0 Å². The fourth-order valence-corrected chi connectivity index (χ4v) is 2.71. The van der Waals surface area contributed by atoms with E-state index in [1.54, 1.807) is 0 Å². The molecule has 1 aromatic rings. The van der Waals surface area contributed by atoms with Gasteiger partial charge in [0.25, 0.3) is 0 Å². The second-order valence-corrected chi connectivity index (χ2v) is 5.18. The SMILES string of the molecule is CCC1CCCN1Cc1ccc(C(N)=S)cc1. The van der Waals surface area contributed by atoms with Crippen molar-refractivity contribution in [2.75, 3.05) is 6.54 Å². The summed E-state index contributed by atoms with van der Waals surface area (Å²) in [6, 6.07) is 9.09. The molecule has 2 nitrogen and oxygen atoms in total. The van der Waals surface area contributed by atoms with Crippen molar-refractivity contribution in [1.82, 2.24) is 4.90 Å². The van der Waals surface area contributed by atoms with Gasteiger partial charge in [0.15, 0.2) is 0 Å². The fraction of sp³-hybridized carbons (Fsp3) is 0.500. The molecular formula is C14H20N2S. The number of rotatable bonds is 4. The Kier molecular flexibility index (Phi) is 4.13. The van der Waals surface area contributed by atoms with Gasteiger partial charge in [-0.25, -0.2) is 0 Å². The Bertz CT molecular complexity index is 386. The third-order valence-corrected chi connectivity index (χ3v) is 3.83. The van der Waals surface area contributed by atoms with Crippen molar-refractivity contribution in [2.24, 2.45) is 5.73 Å². The maximum Gasteiger partial charge on any atom is 0.103 e. The minimum Gasteiger partial charge on any atom is -0.389 e. The molecule has 92 valence electrons. The Morgan fingerprint density at radius 1 is 1.41 bits per heavy atom. The molecule has 1 unspecified atom stereocenters. The number of benzene rings is 1. The van der Waals surface area contributed by atoms with Gasteiger partial charge < -0.3 is 5.73 Å². The Morgan fingerprint density at radius 2 is 2.12 bits per heavy atom. The molecule has 1 aliphatic heterocycles. The molecule has 0 spiro atoms. The Balaban J connectivity index is 2.01. The smallest absolute Gasteiger partial charge is 0.103 e. The lowest BCUT2D eigenvalue weighted by Crippen LogP contribution is -2.28. The molecular weight excluding hydrogens is 228 g/mol. The number of hydrogen-bond donors (Lipinski definition) is 1. The number of thiocarbonyl (C=S) groups is 1. The van der Waals surface area contributed by atoms with Crippen molar-refractivity contribution in [3.63, 3.8) is 0 Å². The summed E-state index contributed by atoms with van der Waals surface area (Å²) < 4.78 is 0. The molecule has 1 saturated heterocycles. The van der Waals surface area contributed by atoms with Gasteiger partial charge in [0, 0.05) is 18.2 Å². The van der Waals surface area contributed by atoms with Crippen LogP contribution < -0.4 is 5.73 Å². The number of likely N-dealkylation sites (tertiary alicyclic amines) is 1. The second-order valence-electron chi connectivity index (χ2n) is 4.74. The molecule has 2 N–H and O–H groups in total. The first-order valence-corrected chi connectivity index (χ1v) is 6.74. The minimum absolute atomic E-state index is 0.476. The van der Waals surface area contributed by atoms with Crippen LogP contribution >= 0.6 is 12.2 Å². The molecule has 17 heavy (non-hydrogen) atoms. The van der Waals surface area contributed by atoms with Crippen LogP contribution in [-0.2, 0) is 6.54 Å². The summed E-state index contributed by atoms with van der Waals surface area (Å²) in [7, 11) is 0. The normalized spacial score (nSPS) is 20.6. The lowest BCUT2D eigenvalue weighted by molar-refractivity contribution is 0.240. The van der Waals surface area contributed by atoms with Gasteiger partial charge in [-0.2, -0.15) is 0 Å². The van der Waals surface area contributed by atoms with Crippen LogP contribution in [-0.4, -0.2) is 22.5 Å². The van der Waals surface area contributed by atoms with Crippen LogP contribution in [0.25, 0.3) is 0 Å². The van der Waals surface area contributed by atoms with E-state index >= 15 is 0 Å². The van der Waals surface area contributed by atoms with E-state index in [2.05, 4.69) is 24.0 Å². The van der Waals surface area contributed by atoms with E-state index in [-0.39, 0.29) is 0 Å². The zero-order chi connectivity index (χ0) is 12.3. The summed E-state index contributed by atoms with van der Waals surface area (Å²) in [4.78, 5) is 3.06. The van der Waals surface area contributed by atoms with Crippen LogP contribution in [0, 0.1) is 0 Å². The first-order chi connectivity index (χ1) is 8.20. The van der Waals surface area contributed by atoms with Crippen molar-refractivity contribution in [1.29, 1.82) is 0 Å². The highest BCUT2D eigenvalue weighted by Gasteiger charge is 2.22. The third-order valence-electron chi connectivity index (χ3n) is 3.59. The molecule has 0 radical (unpaired) electrons. The standard InChI is InChI=1S/C14H20N2S/c1-2-13-4-3-9-16(13)10-11-5-7-12(8-6-11)14(15)17/h5-8,13H,2-4,9-10H2,1H3,(H2,15,17). The molecule has 1 fully saturated rings. The van der Waals surface area contributed by atoms with Gasteiger partial charge >= 0.3 is 0 Å². The molecule has 0 bridgehead atoms. The molecule has 0 aromatic heterocycles. The Hall–Kier alpha value is -0.930. The van der Waals surface area contributed by atoms with E-state index in [0.29, 0.717) is 4.99 Å². The van der Waals surface area contributed by atoms with Gasteiger partial charge in [-0.15, -0.1) is 0 Å². The molecule has 0 amide bonds. The fourth-order valence-electron chi connectivity index (χ4n) is 2.57. The predicted molar refractivity (Wildman–Crippen MR) is 76.1 cm³/mol. The van der Waals surface area contributed by atoms with Crippen LogP contribution in [0.4, 0.5) is 0 Å². The molecule has 2 rings (SSSR count). The maximum atomic E-state index is 5.59. The largest absolute Gasteiger partial charge is 0.389 e. The Labute approximate surface area is 109 Å². The molecule has 1 aromatic carbocycles. The average Bonchev–Trinajstić information content (AvgIpc) is 2.77. The highest BCUT2D eigenvalue weighted by atomic mass is 32.1. The summed E-state index contributed by atoms with van der Waals surface area (Å²) in [5, 5.41) is 0. The zero-order valence-corrected chi connectivity index (χ0v) is 11.2. The molecule has 1 aliphatic rings. The minimum atomic E-state index is 0.476. The van der Waals surface area contributed by atoms with Gasteiger partial charge in [0.1, 0.15) is 4.99 Å². The van der Waals surface area contributed by atoms with Gasteiger partial charge in [-0.05, 0) is 31.4 Å². The number of nitrogens with two attached hydrogens (primary N) is 1. The van der Waals surface area contributed by atoms with E-state index in [9.17, 15) is 0 Å². The molecule has 0 aliphatic carbocycles. The monoisotopic (exact) mass is 248 g/mol. The van der Waals surface area contributed by atoms with E-state index in [4.69, 9.17) is 18.0 Å². The van der Waals surface area contributed by atoms with E-state index in [1.165, 1.54) is 31.4 Å². The number of hydrogen-bond acceptors (Lipinski definition) is 2. The third kappa shape index (κ3) is 3.05. The first kappa shape index (κ1) is 12.5. The molecule has 1 heterocycles. The van der Waals surface area contributed by atoms with Gasteiger partial charge in [-0.1, -0.05) is 43.4 Å². The summed E-state index contributed by atoms with van der Waals surface area (Å²) in [6.07, 6.45) is 3.94. The van der Waals surface area contributed by atoms with E-state index in [0.717, 1.165) is 18.2 Å². The van der Waals surface area contributed by atoms with Crippen molar-refractivity contribution < 1.29 is 0 Å².